The number of halogens is 1. The largest absolute Gasteiger partial charge is 2.00 e. The normalized spacial score (nSPS) is 0. The topological polar surface area (TPSA) is 28.5 Å². The average molecular weight is 158 g/mol. The van der Waals surface area contributed by atoms with Gasteiger partial charge in [-0.3, -0.25) is 0 Å². The predicted molar refractivity (Wildman–Crippen MR) is 13.7 cm³/mol. The van der Waals surface area contributed by atoms with Crippen molar-refractivity contribution in [3.8, 4) is 0 Å². The Bertz CT molecular complexity index is 8.00. The Hall–Kier alpha value is 2.13. The molecule has 1 nitrogen and oxygen atoms in total. The maximum atomic E-state index is 0. The second-order valence-corrected chi connectivity index (χ2v) is 0. The van der Waals surface area contributed by atoms with Crippen LogP contribution >= 0.6 is 12.4 Å². The minimum atomic E-state index is 0. The molecule has 0 aromatic rings. The Balaban J connectivity index is 0. The van der Waals surface area contributed by atoms with E-state index in [-0.39, 0.29) is 75.1 Å². The Labute approximate surface area is 74.0 Å². The van der Waals surface area contributed by atoms with Gasteiger partial charge in [-0.2, -0.15) is 0 Å². The van der Waals surface area contributed by atoms with Gasteiger partial charge in [-0.25, -0.2) is 0 Å². The van der Waals surface area contributed by atoms with Gasteiger partial charge in [0, 0.05) is 0 Å². The molecule has 0 amide bonds. The van der Waals surface area contributed by atoms with Crippen molar-refractivity contribution in [1.82, 2.24) is 0 Å². The zero-order valence-corrected chi connectivity index (χ0v) is 8.22. The third kappa shape index (κ3) is 8.92. The van der Waals surface area contributed by atoms with Crippen molar-refractivity contribution in [2.75, 3.05) is 0 Å². The van der Waals surface area contributed by atoms with E-state index in [1.54, 1.807) is 0 Å². The van der Waals surface area contributed by atoms with Gasteiger partial charge in [0.25, 0.3) is 0 Å². The SMILES string of the molecule is Cl.[Ca+2].[O-2].[Zn+2]. The third-order valence-electron chi connectivity index (χ3n) is 0. The summed E-state index contributed by atoms with van der Waals surface area (Å²) < 4.78 is 0. The van der Waals surface area contributed by atoms with Gasteiger partial charge in [-0.05, 0) is 0 Å². The monoisotopic (exact) mass is 156 g/mol. The smallest absolute Gasteiger partial charge is 2.00 e. The average Bonchev–Trinajstić information content (AvgIpc) is 0. The van der Waals surface area contributed by atoms with Gasteiger partial charge in [-0.15, -0.1) is 12.4 Å². The molecule has 0 bridgehead atoms. The van der Waals surface area contributed by atoms with Crippen LogP contribution in [0.25, 0.3) is 0 Å². The summed E-state index contributed by atoms with van der Waals surface area (Å²) in [5.41, 5.74) is 0. The van der Waals surface area contributed by atoms with E-state index in [9.17, 15) is 0 Å². The van der Waals surface area contributed by atoms with E-state index in [4.69, 9.17) is 0 Å². The van der Waals surface area contributed by atoms with Crippen LogP contribution < -0.4 is 0 Å². The van der Waals surface area contributed by atoms with E-state index in [0.717, 1.165) is 0 Å². The third-order valence-corrected chi connectivity index (χ3v) is 0. The van der Waals surface area contributed by atoms with Crippen molar-refractivity contribution in [3.05, 3.63) is 0 Å². The van der Waals surface area contributed by atoms with Crippen LogP contribution in [0.4, 0.5) is 0 Å². The van der Waals surface area contributed by atoms with E-state index in [0.29, 0.717) is 0 Å². The Morgan fingerprint density at radius 2 is 1.00 bits per heavy atom. The molecule has 4 heavy (non-hydrogen) atoms. The predicted octanol–water partition coefficient (Wildman–Crippen LogP) is -0.0803. The maximum absolute atomic E-state index is 0. The fourth-order valence-corrected chi connectivity index (χ4v) is 0. The first-order valence-corrected chi connectivity index (χ1v) is 0. The van der Waals surface area contributed by atoms with Crippen LogP contribution in [-0.4, -0.2) is 37.7 Å². The molecule has 0 unspecified atom stereocenters. The van der Waals surface area contributed by atoms with Gasteiger partial charge < -0.3 is 5.48 Å². The van der Waals surface area contributed by atoms with Gasteiger partial charge in [0.05, 0.1) is 0 Å². The van der Waals surface area contributed by atoms with Crippen molar-refractivity contribution < 1.29 is 25.0 Å². The number of hydrogen-bond donors (Lipinski definition) is 0. The summed E-state index contributed by atoms with van der Waals surface area (Å²) in [6, 6.07) is 0. The number of rotatable bonds is 0. The Morgan fingerprint density at radius 1 is 1.00 bits per heavy atom. The van der Waals surface area contributed by atoms with Crippen LogP contribution in [0.3, 0.4) is 0 Å². The Kier molecular flexibility index (Phi) is 171. The molecule has 0 rings (SSSR count). The summed E-state index contributed by atoms with van der Waals surface area (Å²) in [5.74, 6) is 0. The van der Waals surface area contributed by atoms with Gasteiger partial charge in [0.1, 0.15) is 0 Å². The number of hydrogen-bond acceptors (Lipinski definition) is 0. The van der Waals surface area contributed by atoms with Crippen molar-refractivity contribution in [2.24, 2.45) is 0 Å². The standard InChI is InChI=1S/Ca.ClH.O.Zn/h;1H;;/q+2;;-2;+2. The van der Waals surface area contributed by atoms with E-state index in [1.165, 1.54) is 0 Å². The van der Waals surface area contributed by atoms with Crippen LogP contribution in [0.5, 0.6) is 0 Å². The summed E-state index contributed by atoms with van der Waals surface area (Å²) in [6.45, 7) is 0. The molecule has 0 aromatic carbocycles. The fraction of sp³-hybridized carbons (Fsp3) is 0. The quantitative estimate of drug-likeness (QED) is 0.441. The first-order chi connectivity index (χ1) is 0. The molecule has 0 radical (unpaired) electrons. The van der Waals surface area contributed by atoms with Gasteiger partial charge in [0.2, 0.25) is 0 Å². The molecule has 0 spiro atoms. The molecule has 0 fully saturated rings. The van der Waals surface area contributed by atoms with E-state index in [2.05, 4.69) is 0 Å². The van der Waals surface area contributed by atoms with Crippen LogP contribution in [0, 0.1) is 0 Å². The molecule has 0 N–H and O–H groups in total. The first kappa shape index (κ1) is 35.5. The summed E-state index contributed by atoms with van der Waals surface area (Å²) in [6.07, 6.45) is 0. The second kappa shape index (κ2) is 19.3. The van der Waals surface area contributed by atoms with E-state index >= 15 is 0 Å². The molecule has 16 valence electrons. The van der Waals surface area contributed by atoms with Gasteiger partial charge in [-0.1, -0.05) is 0 Å². The molecule has 0 aromatic heterocycles. The van der Waals surface area contributed by atoms with Crippen LogP contribution in [-0.2, 0) is 25.0 Å². The molecule has 0 saturated heterocycles. The second-order valence-electron chi connectivity index (χ2n) is 0. The fourth-order valence-electron chi connectivity index (χ4n) is 0. The maximum Gasteiger partial charge on any atom is 2.00 e. The molecular formula is HCaClOZn+2. The Morgan fingerprint density at radius 3 is 1.00 bits per heavy atom. The minimum Gasteiger partial charge on any atom is -2.00 e. The van der Waals surface area contributed by atoms with Gasteiger partial charge in [0.15, 0.2) is 0 Å². The van der Waals surface area contributed by atoms with Crippen molar-refractivity contribution in [3.63, 3.8) is 0 Å². The van der Waals surface area contributed by atoms with Crippen LogP contribution in [0.1, 0.15) is 0 Å². The van der Waals surface area contributed by atoms with Crippen molar-refractivity contribution >= 4 is 50.1 Å². The molecule has 0 saturated carbocycles. The zero-order chi connectivity index (χ0) is 0. The molecule has 0 aliphatic carbocycles. The molecule has 4 heteroatoms. The van der Waals surface area contributed by atoms with Gasteiger partial charge >= 0.3 is 57.2 Å². The summed E-state index contributed by atoms with van der Waals surface area (Å²) >= 11 is 0. The van der Waals surface area contributed by atoms with E-state index < -0.39 is 0 Å². The van der Waals surface area contributed by atoms with Crippen LogP contribution in [0.15, 0.2) is 0 Å². The molecule has 0 heterocycles. The molecule has 0 atom stereocenters. The summed E-state index contributed by atoms with van der Waals surface area (Å²) in [5, 5.41) is 0. The molecule has 0 aliphatic rings. The summed E-state index contributed by atoms with van der Waals surface area (Å²) in [4.78, 5) is 0. The minimum absolute atomic E-state index is 0. The van der Waals surface area contributed by atoms with E-state index in [1.807, 2.05) is 0 Å². The van der Waals surface area contributed by atoms with Crippen molar-refractivity contribution in [2.45, 2.75) is 0 Å². The van der Waals surface area contributed by atoms with Crippen LogP contribution in [0.2, 0.25) is 0 Å². The first-order valence-electron chi connectivity index (χ1n) is 0. The summed E-state index contributed by atoms with van der Waals surface area (Å²) in [7, 11) is 0. The molecular weight excluding hydrogens is 157 g/mol. The van der Waals surface area contributed by atoms with Crippen molar-refractivity contribution in [1.29, 1.82) is 0 Å². The molecule has 0 aliphatic heterocycles. The zero-order valence-electron chi connectivity index (χ0n) is 2.23.